The van der Waals surface area contributed by atoms with Gasteiger partial charge in [0.2, 0.25) is 5.82 Å². The van der Waals surface area contributed by atoms with Gasteiger partial charge in [0, 0.05) is 22.5 Å². The maximum absolute atomic E-state index is 10.9. The van der Waals surface area contributed by atoms with Gasteiger partial charge >= 0.3 is 5.82 Å². The molecule has 1 atom stereocenters. The minimum Gasteiger partial charge on any atom is -0.755 e. The van der Waals surface area contributed by atoms with Crippen molar-refractivity contribution in [3.8, 4) is 11.4 Å². The van der Waals surface area contributed by atoms with E-state index in [0.717, 1.165) is 6.20 Å². The molecular weight excluding hydrogens is 300 g/mol. The Bertz CT molecular complexity index is 670. The van der Waals surface area contributed by atoms with Crippen molar-refractivity contribution in [2.24, 2.45) is 0 Å². The molecule has 10 heteroatoms. The van der Waals surface area contributed by atoms with E-state index in [9.17, 15) is 18.9 Å². The summed E-state index contributed by atoms with van der Waals surface area (Å²) < 4.78 is 24.5. The molecular formula is C11H11N4O5S-. The first-order valence-corrected chi connectivity index (χ1v) is 6.87. The molecule has 0 saturated carbocycles. The van der Waals surface area contributed by atoms with Crippen molar-refractivity contribution in [3.05, 3.63) is 40.6 Å². The SMILES string of the molecule is O=[N+]([O-])c1cnc(-c2ccc(NS(=O)[O-])cc2)n1CCO. The molecule has 1 aromatic carbocycles. The van der Waals surface area contributed by atoms with Crippen LogP contribution in [0.25, 0.3) is 11.4 Å². The van der Waals surface area contributed by atoms with Crippen LogP contribution in [0.1, 0.15) is 0 Å². The summed E-state index contributed by atoms with van der Waals surface area (Å²) in [4.78, 5) is 14.3. The van der Waals surface area contributed by atoms with E-state index in [-0.39, 0.29) is 19.0 Å². The van der Waals surface area contributed by atoms with Crippen molar-refractivity contribution >= 4 is 22.8 Å². The summed E-state index contributed by atoms with van der Waals surface area (Å²) in [5, 5.41) is 19.9. The Morgan fingerprint density at radius 3 is 2.57 bits per heavy atom. The quantitative estimate of drug-likeness (QED) is 0.457. The molecule has 0 aliphatic heterocycles. The lowest BCUT2D eigenvalue weighted by Crippen LogP contribution is -2.08. The minimum absolute atomic E-state index is 0.0379. The average Bonchev–Trinajstić information content (AvgIpc) is 2.83. The maximum atomic E-state index is 10.9. The molecule has 0 saturated heterocycles. The van der Waals surface area contributed by atoms with Crippen molar-refractivity contribution in [1.29, 1.82) is 0 Å². The van der Waals surface area contributed by atoms with Crippen LogP contribution in [0.5, 0.6) is 0 Å². The Morgan fingerprint density at radius 2 is 2.05 bits per heavy atom. The van der Waals surface area contributed by atoms with Crippen LogP contribution in [0.3, 0.4) is 0 Å². The van der Waals surface area contributed by atoms with Crippen molar-refractivity contribution in [2.45, 2.75) is 6.54 Å². The van der Waals surface area contributed by atoms with Gasteiger partial charge in [0.1, 0.15) is 12.7 Å². The Hall–Kier alpha value is -2.30. The molecule has 0 bridgehead atoms. The Labute approximate surface area is 121 Å². The fourth-order valence-electron chi connectivity index (χ4n) is 1.85. The van der Waals surface area contributed by atoms with Gasteiger partial charge in [-0.3, -0.25) is 4.21 Å². The molecule has 2 aromatic rings. The van der Waals surface area contributed by atoms with Crippen LogP contribution < -0.4 is 4.72 Å². The lowest BCUT2D eigenvalue weighted by Gasteiger charge is -2.08. The van der Waals surface area contributed by atoms with Crippen LogP contribution in [0.15, 0.2) is 30.5 Å². The average molecular weight is 311 g/mol. The van der Waals surface area contributed by atoms with Crippen LogP contribution in [-0.2, 0) is 17.8 Å². The molecule has 1 aromatic heterocycles. The minimum atomic E-state index is -2.42. The van der Waals surface area contributed by atoms with E-state index >= 15 is 0 Å². The van der Waals surface area contributed by atoms with E-state index < -0.39 is 16.2 Å². The van der Waals surface area contributed by atoms with E-state index in [1.165, 1.54) is 16.7 Å². The fourth-order valence-corrected chi connectivity index (χ4v) is 2.18. The van der Waals surface area contributed by atoms with Gasteiger partial charge in [-0.2, -0.15) is 0 Å². The molecule has 1 unspecified atom stereocenters. The normalized spacial score (nSPS) is 12.1. The number of hydrogen-bond donors (Lipinski definition) is 2. The molecule has 2 rings (SSSR count). The summed E-state index contributed by atoms with van der Waals surface area (Å²) >= 11 is -2.42. The van der Waals surface area contributed by atoms with Gasteiger partial charge in [0.15, 0.2) is 0 Å². The zero-order valence-corrected chi connectivity index (χ0v) is 11.4. The molecule has 21 heavy (non-hydrogen) atoms. The number of nitrogens with zero attached hydrogens (tertiary/aromatic N) is 3. The molecule has 2 N–H and O–H groups in total. The van der Waals surface area contributed by atoms with Gasteiger partial charge in [-0.25, -0.2) is 9.55 Å². The lowest BCUT2D eigenvalue weighted by atomic mass is 10.2. The predicted octanol–water partition coefficient (Wildman–Crippen LogP) is 0.657. The second kappa shape index (κ2) is 6.43. The monoisotopic (exact) mass is 311 g/mol. The van der Waals surface area contributed by atoms with E-state index in [0.29, 0.717) is 17.1 Å². The van der Waals surface area contributed by atoms with E-state index in [2.05, 4.69) is 9.71 Å². The molecule has 0 aliphatic rings. The van der Waals surface area contributed by atoms with Crippen molar-refractivity contribution in [2.75, 3.05) is 11.3 Å². The van der Waals surface area contributed by atoms with Crippen LogP contribution in [-0.4, -0.2) is 34.9 Å². The maximum Gasteiger partial charge on any atom is 0.343 e. The topological polar surface area (TPSA) is 133 Å². The zero-order valence-electron chi connectivity index (χ0n) is 10.6. The van der Waals surface area contributed by atoms with Crippen molar-refractivity contribution in [3.63, 3.8) is 0 Å². The number of benzene rings is 1. The van der Waals surface area contributed by atoms with Crippen LogP contribution in [0.2, 0.25) is 0 Å². The summed E-state index contributed by atoms with van der Waals surface area (Å²) in [6.45, 7) is -0.227. The number of nitro groups is 1. The summed E-state index contributed by atoms with van der Waals surface area (Å²) in [6, 6.07) is 6.17. The van der Waals surface area contributed by atoms with E-state index in [1.54, 1.807) is 12.1 Å². The Morgan fingerprint density at radius 1 is 1.38 bits per heavy atom. The van der Waals surface area contributed by atoms with E-state index in [1.807, 2.05) is 0 Å². The smallest absolute Gasteiger partial charge is 0.343 e. The summed E-state index contributed by atoms with van der Waals surface area (Å²) in [5.41, 5.74) is 0.931. The van der Waals surface area contributed by atoms with Gasteiger partial charge in [0.25, 0.3) is 0 Å². The first-order chi connectivity index (χ1) is 10.0. The third kappa shape index (κ3) is 3.42. The second-order valence-electron chi connectivity index (χ2n) is 3.99. The summed E-state index contributed by atoms with van der Waals surface area (Å²) in [6.07, 6.45) is 1.11. The van der Waals surface area contributed by atoms with Gasteiger partial charge < -0.3 is 24.5 Å². The molecule has 0 aliphatic carbocycles. The highest BCUT2D eigenvalue weighted by molar-refractivity contribution is 7.80. The molecule has 0 spiro atoms. The molecule has 9 nitrogen and oxygen atoms in total. The zero-order chi connectivity index (χ0) is 15.4. The summed E-state index contributed by atoms with van der Waals surface area (Å²) in [7, 11) is 0. The molecule has 112 valence electrons. The fraction of sp³-hybridized carbons (Fsp3) is 0.182. The highest BCUT2D eigenvalue weighted by Crippen LogP contribution is 2.25. The second-order valence-corrected chi connectivity index (χ2v) is 4.66. The number of aliphatic hydroxyl groups is 1. The van der Waals surface area contributed by atoms with Gasteiger partial charge in [0.05, 0.1) is 6.61 Å². The summed E-state index contributed by atoms with van der Waals surface area (Å²) in [5.74, 6) is 0.104. The lowest BCUT2D eigenvalue weighted by molar-refractivity contribution is -0.392. The number of anilines is 1. The molecule has 0 fully saturated rings. The van der Waals surface area contributed by atoms with Gasteiger partial charge in [-0.05, 0) is 29.2 Å². The largest absolute Gasteiger partial charge is 0.755 e. The van der Waals surface area contributed by atoms with Crippen molar-refractivity contribution in [1.82, 2.24) is 9.55 Å². The third-order valence-corrected chi connectivity index (χ3v) is 3.09. The first-order valence-electron chi connectivity index (χ1n) is 5.80. The Kier molecular flexibility index (Phi) is 4.62. The van der Waals surface area contributed by atoms with Crippen LogP contribution in [0.4, 0.5) is 11.5 Å². The number of aliphatic hydroxyl groups excluding tert-OH is 1. The highest BCUT2D eigenvalue weighted by Gasteiger charge is 2.20. The number of rotatable bonds is 6. The molecule has 0 radical (unpaired) electrons. The first kappa shape index (κ1) is 15.1. The standard InChI is InChI=1S/C11H12N4O5S/c16-6-5-14-10(15(17)18)7-12-11(14)8-1-3-9(4-2-8)13-21(19)20/h1-4,7,13,16H,5-6H2,(H,19,20)/p-1. The number of hydrogen-bond acceptors (Lipinski definition) is 6. The van der Waals surface area contributed by atoms with Gasteiger partial charge in [-0.15, -0.1) is 0 Å². The molecule has 1 heterocycles. The van der Waals surface area contributed by atoms with E-state index in [4.69, 9.17) is 5.11 Å². The molecule has 0 amide bonds. The van der Waals surface area contributed by atoms with Gasteiger partial charge in [-0.1, -0.05) is 0 Å². The predicted molar refractivity (Wildman–Crippen MR) is 73.9 cm³/mol. The number of imidazole rings is 1. The Balaban J connectivity index is 2.37. The van der Waals surface area contributed by atoms with Crippen LogP contribution in [0, 0.1) is 10.1 Å². The highest BCUT2D eigenvalue weighted by atomic mass is 32.2. The van der Waals surface area contributed by atoms with Crippen molar-refractivity contribution < 1.29 is 18.8 Å². The number of nitrogens with one attached hydrogen (secondary N) is 1. The van der Waals surface area contributed by atoms with Crippen LogP contribution >= 0.6 is 0 Å². The third-order valence-electron chi connectivity index (χ3n) is 2.69. The number of aromatic nitrogens is 2.